The van der Waals surface area contributed by atoms with Gasteiger partial charge in [-0.2, -0.15) is 16.9 Å². The van der Waals surface area contributed by atoms with Crippen molar-refractivity contribution < 1.29 is 0 Å². The highest BCUT2D eigenvalue weighted by Crippen LogP contribution is 2.24. The van der Waals surface area contributed by atoms with Gasteiger partial charge in [0.05, 0.1) is 23.0 Å². The van der Waals surface area contributed by atoms with E-state index >= 15 is 0 Å². The predicted octanol–water partition coefficient (Wildman–Crippen LogP) is 3.09. The normalized spacial score (nSPS) is 13.0. The fourth-order valence-electron chi connectivity index (χ4n) is 1.56. The van der Waals surface area contributed by atoms with Crippen LogP contribution in [0.15, 0.2) is 6.20 Å². The van der Waals surface area contributed by atoms with Crippen LogP contribution in [-0.2, 0) is 6.54 Å². The van der Waals surface area contributed by atoms with Gasteiger partial charge in [0.1, 0.15) is 0 Å². The molecule has 0 saturated heterocycles. The van der Waals surface area contributed by atoms with Gasteiger partial charge in [-0.1, -0.05) is 25.4 Å². The Morgan fingerprint density at radius 1 is 1.50 bits per heavy atom. The van der Waals surface area contributed by atoms with E-state index in [2.05, 4.69) is 18.9 Å². The van der Waals surface area contributed by atoms with E-state index in [-0.39, 0.29) is 6.04 Å². The Hall–Kier alpha value is -0.190. The first-order valence-electron chi connectivity index (χ1n) is 5.75. The van der Waals surface area contributed by atoms with Gasteiger partial charge in [0.2, 0.25) is 0 Å². The van der Waals surface area contributed by atoms with E-state index in [0.717, 1.165) is 30.2 Å². The number of nitrogens with two attached hydrogens (primary N) is 1. The molecule has 3 nitrogen and oxygen atoms in total. The summed E-state index contributed by atoms with van der Waals surface area (Å²) in [6.07, 6.45) is 3.91. The third-order valence-corrected chi connectivity index (χ3v) is 3.85. The largest absolute Gasteiger partial charge is 0.322 e. The Kier molecular flexibility index (Phi) is 6.24. The number of aromatic nitrogens is 2. The average Bonchev–Trinajstić information content (AvgIpc) is 2.61. The van der Waals surface area contributed by atoms with E-state index in [1.807, 2.05) is 16.4 Å². The molecule has 1 unspecified atom stereocenters. The number of hydrogen-bond donors (Lipinski definition) is 1. The van der Waals surface area contributed by atoms with Gasteiger partial charge < -0.3 is 5.73 Å². The number of nitrogens with zero attached hydrogens (tertiary/aromatic N) is 2. The van der Waals surface area contributed by atoms with E-state index in [4.69, 9.17) is 17.3 Å². The number of halogens is 1. The highest BCUT2D eigenvalue weighted by Gasteiger charge is 2.16. The molecule has 5 heteroatoms. The second kappa shape index (κ2) is 7.20. The molecule has 0 amide bonds. The third kappa shape index (κ3) is 3.68. The van der Waals surface area contributed by atoms with E-state index in [1.165, 1.54) is 6.42 Å². The van der Waals surface area contributed by atoms with Crippen LogP contribution in [0.4, 0.5) is 0 Å². The summed E-state index contributed by atoms with van der Waals surface area (Å²) in [5, 5.41) is 4.94. The van der Waals surface area contributed by atoms with E-state index in [9.17, 15) is 0 Å². The molecule has 0 aliphatic heterocycles. The van der Waals surface area contributed by atoms with Gasteiger partial charge in [0, 0.05) is 12.3 Å². The van der Waals surface area contributed by atoms with Gasteiger partial charge in [-0.3, -0.25) is 4.68 Å². The molecule has 0 aliphatic rings. The maximum Gasteiger partial charge on any atom is 0.0834 e. The van der Waals surface area contributed by atoms with Crippen molar-refractivity contribution in [2.75, 3.05) is 11.5 Å². The molecule has 0 spiro atoms. The Morgan fingerprint density at radius 2 is 2.25 bits per heavy atom. The van der Waals surface area contributed by atoms with Gasteiger partial charge in [-0.25, -0.2) is 0 Å². The van der Waals surface area contributed by atoms with Gasteiger partial charge in [-0.15, -0.1) is 0 Å². The van der Waals surface area contributed by atoms with Gasteiger partial charge >= 0.3 is 0 Å². The Bertz CT molecular complexity index is 314. The van der Waals surface area contributed by atoms with Crippen molar-refractivity contribution in [3.05, 3.63) is 16.9 Å². The molecule has 0 fully saturated rings. The van der Waals surface area contributed by atoms with Crippen LogP contribution in [0.3, 0.4) is 0 Å². The second-order valence-corrected chi connectivity index (χ2v) is 5.34. The van der Waals surface area contributed by atoms with Gasteiger partial charge in [0.25, 0.3) is 0 Å². The highest BCUT2D eigenvalue weighted by molar-refractivity contribution is 7.99. The lowest BCUT2D eigenvalue weighted by Gasteiger charge is -2.14. The standard InChI is InChI=1S/C11H20ClN3S/c1-3-5-15-11(9(12)7-14-15)10(13)8-16-6-4-2/h7,10H,3-6,8,13H2,1-2H3. The van der Waals surface area contributed by atoms with Crippen LogP contribution in [0, 0.1) is 0 Å². The second-order valence-electron chi connectivity index (χ2n) is 3.78. The van der Waals surface area contributed by atoms with Crippen molar-refractivity contribution in [3.8, 4) is 0 Å². The summed E-state index contributed by atoms with van der Waals surface area (Å²) >= 11 is 7.99. The minimum atomic E-state index is -0.0156. The summed E-state index contributed by atoms with van der Waals surface area (Å²) in [7, 11) is 0. The summed E-state index contributed by atoms with van der Waals surface area (Å²) < 4.78 is 1.93. The highest BCUT2D eigenvalue weighted by atomic mass is 35.5. The summed E-state index contributed by atoms with van der Waals surface area (Å²) in [4.78, 5) is 0. The van der Waals surface area contributed by atoms with Crippen molar-refractivity contribution in [1.29, 1.82) is 0 Å². The third-order valence-electron chi connectivity index (χ3n) is 2.27. The van der Waals surface area contributed by atoms with E-state index in [0.29, 0.717) is 5.02 Å². The molecular weight excluding hydrogens is 242 g/mol. The van der Waals surface area contributed by atoms with Gasteiger partial charge in [-0.05, 0) is 18.6 Å². The van der Waals surface area contributed by atoms with Crippen molar-refractivity contribution in [2.24, 2.45) is 5.73 Å². The molecule has 0 bridgehead atoms. The molecule has 92 valence electrons. The SMILES string of the molecule is CCCSCC(N)c1c(Cl)cnn1CCC. The quantitative estimate of drug-likeness (QED) is 0.767. The smallest absolute Gasteiger partial charge is 0.0834 e. The zero-order valence-electron chi connectivity index (χ0n) is 9.95. The molecule has 0 aliphatic carbocycles. The Balaban J connectivity index is 2.65. The van der Waals surface area contributed by atoms with Crippen molar-refractivity contribution in [2.45, 2.75) is 39.3 Å². The molecule has 1 rings (SSSR count). The van der Waals surface area contributed by atoms with Gasteiger partial charge in [0.15, 0.2) is 0 Å². The van der Waals surface area contributed by atoms with Crippen molar-refractivity contribution >= 4 is 23.4 Å². The molecule has 16 heavy (non-hydrogen) atoms. The number of aryl methyl sites for hydroxylation is 1. The first kappa shape index (κ1) is 13.9. The lowest BCUT2D eigenvalue weighted by Crippen LogP contribution is -2.19. The Labute approximate surface area is 107 Å². The lowest BCUT2D eigenvalue weighted by molar-refractivity contribution is 0.554. The fourth-order valence-corrected chi connectivity index (χ4v) is 2.71. The zero-order chi connectivity index (χ0) is 12.0. The minimum Gasteiger partial charge on any atom is -0.322 e. The molecule has 0 saturated carbocycles. The monoisotopic (exact) mass is 261 g/mol. The van der Waals surface area contributed by atoms with Crippen LogP contribution >= 0.6 is 23.4 Å². The first-order chi connectivity index (χ1) is 7.70. The zero-order valence-corrected chi connectivity index (χ0v) is 11.5. The molecule has 2 N–H and O–H groups in total. The molecule has 1 aromatic rings. The van der Waals surface area contributed by atoms with E-state index < -0.39 is 0 Å². The summed E-state index contributed by atoms with van der Waals surface area (Å²) in [6, 6.07) is -0.0156. The predicted molar refractivity (Wildman–Crippen MR) is 72.1 cm³/mol. The maximum absolute atomic E-state index is 6.15. The topological polar surface area (TPSA) is 43.8 Å². The fraction of sp³-hybridized carbons (Fsp3) is 0.727. The first-order valence-corrected chi connectivity index (χ1v) is 7.28. The number of thioether (sulfide) groups is 1. The lowest BCUT2D eigenvalue weighted by atomic mass is 10.2. The number of hydrogen-bond acceptors (Lipinski definition) is 3. The molecule has 1 aromatic heterocycles. The number of rotatable bonds is 7. The summed E-state index contributed by atoms with van der Waals surface area (Å²) in [5.74, 6) is 2.05. The maximum atomic E-state index is 6.15. The minimum absolute atomic E-state index is 0.0156. The van der Waals surface area contributed by atoms with E-state index in [1.54, 1.807) is 6.20 Å². The van der Waals surface area contributed by atoms with Crippen LogP contribution in [-0.4, -0.2) is 21.3 Å². The average molecular weight is 262 g/mol. The molecular formula is C11H20ClN3S. The van der Waals surface area contributed by atoms with Crippen molar-refractivity contribution in [3.63, 3.8) is 0 Å². The van der Waals surface area contributed by atoms with Crippen molar-refractivity contribution in [1.82, 2.24) is 9.78 Å². The molecule has 0 aromatic carbocycles. The van der Waals surface area contributed by atoms with Crippen LogP contribution in [0.25, 0.3) is 0 Å². The van der Waals surface area contributed by atoms with Crippen LogP contribution in [0.1, 0.15) is 38.4 Å². The van der Waals surface area contributed by atoms with Crippen LogP contribution < -0.4 is 5.73 Å². The summed E-state index contributed by atoms with van der Waals surface area (Å²) in [5.41, 5.74) is 7.12. The molecule has 0 radical (unpaired) electrons. The summed E-state index contributed by atoms with van der Waals surface area (Å²) in [6.45, 7) is 5.18. The van der Waals surface area contributed by atoms with Crippen LogP contribution in [0.2, 0.25) is 5.02 Å². The molecule has 1 atom stereocenters. The Morgan fingerprint density at radius 3 is 2.88 bits per heavy atom. The molecule has 1 heterocycles. The van der Waals surface area contributed by atoms with Crippen LogP contribution in [0.5, 0.6) is 0 Å².